The molecule has 152 valence electrons. The Kier molecular flexibility index (Phi) is 5.39. The summed E-state index contributed by atoms with van der Waals surface area (Å²) < 4.78 is 16.5. The minimum Gasteiger partial charge on any atom is -0.482 e. The molecule has 6 heteroatoms. The fourth-order valence-electron chi connectivity index (χ4n) is 3.17. The highest BCUT2D eigenvalue weighted by Crippen LogP contribution is 2.31. The Morgan fingerprint density at radius 1 is 0.967 bits per heavy atom. The SMILES string of the molecule is Cc1ccccc1NC(=O)C(C)OC(=O)COc1ccc2oc3ccccc3c2c1. The van der Waals surface area contributed by atoms with E-state index in [2.05, 4.69) is 5.32 Å². The number of para-hydroxylation sites is 2. The van der Waals surface area contributed by atoms with Gasteiger partial charge in [0.05, 0.1) is 0 Å². The van der Waals surface area contributed by atoms with Crippen LogP contribution in [0.3, 0.4) is 0 Å². The van der Waals surface area contributed by atoms with Crippen molar-refractivity contribution in [1.82, 2.24) is 0 Å². The third-order valence-corrected chi connectivity index (χ3v) is 4.79. The predicted octanol–water partition coefficient (Wildman–Crippen LogP) is 4.84. The zero-order valence-electron chi connectivity index (χ0n) is 16.7. The first kappa shape index (κ1) is 19.5. The Hall–Kier alpha value is -3.80. The Bertz CT molecular complexity index is 1230. The molecular weight excluding hydrogens is 382 g/mol. The molecule has 0 saturated heterocycles. The molecule has 0 fully saturated rings. The molecule has 0 aliphatic rings. The van der Waals surface area contributed by atoms with E-state index in [9.17, 15) is 9.59 Å². The standard InChI is InChI=1S/C24H21NO5/c1-15-7-3-5-9-20(15)25-24(27)16(2)29-23(26)14-28-17-11-12-22-19(13-17)18-8-4-6-10-21(18)30-22/h3-13,16H,14H2,1-2H3,(H,25,27). The number of rotatable bonds is 6. The van der Waals surface area contributed by atoms with E-state index in [0.29, 0.717) is 11.4 Å². The van der Waals surface area contributed by atoms with Crippen molar-refractivity contribution in [3.05, 3.63) is 72.3 Å². The number of carbonyl (C=O) groups is 2. The maximum Gasteiger partial charge on any atom is 0.344 e. The second-order valence-corrected chi connectivity index (χ2v) is 6.98. The number of ether oxygens (including phenoxy) is 2. The van der Waals surface area contributed by atoms with Crippen molar-refractivity contribution < 1.29 is 23.5 Å². The highest BCUT2D eigenvalue weighted by Gasteiger charge is 2.19. The number of anilines is 1. The van der Waals surface area contributed by atoms with Gasteiger partial charge < -0.3 is 19.2 Å². The normalized spacial score (nSPS) is 11.9. The molecule has 0 aliphatic carbocycles. The maximum absolute atomic E-state index is 12.3. The molecule has 1 unspecified atom stereocenters. The van der Waals surface area contributed by atoms with Crippen LogP contribution >= 0.6 is 0 Å². The van der Waals surface area contributed by atoms with Crippen LogP contribution in [0.15, 0.2) is 71.1 Å². The Morgan fingerprint density at radius 2 is 1.70 bits per heavy atom. The summed E-state index contributed by atoms with van der Waals surface area (Å²) in [6.45, 7) is 3.11. The first-order valence-electron chi connectivity index (χ1n) is 9.61. The van der Waals surface area contributed by atoms with Crippen LogP contribution in [0.1, 0.15) is 12.5 Å². The molecule has 1 amide bonds. The summed E-state index contributed by atoms with van der Waals surface area (Å²) in [5.74, 6) is -0.508. The van der Waals surface area contributed by atoms with Crippen LogP contribution in [0, 0.1) is 6.92 Å². The van der Waals surface area contributed by atoms with E-state index in [-0.39, 0.29) is 6.61 Å². The third kappa shape index (κ3) is 4.12. The first-order valence-corrected chi connectivity index (χ1v) is 9.61. The minimum atomic E-state index is -0.944. The molecule has 0 radical (unpaired) electrons. The number of amides is 1. The maximum atomic E-state index is 12.3. The van der Waals surface area contributed by atoms with Gasteiger partial charge in [0, 0.05) is 16.5 Å². The molecule has 1 N–H and O–H groups in total. The fourth-order valence-corrected chi connectivity index (χ4v) is 3.17. The summed E-state index contributed by atoms with van der Waals surface area (Å²) in [4.78, 5) is 24.4. The summed E-state index contributed by atoms with van der Waals surface area (Å²) in [7, 11) is 0. The van der Waals surface area contributed by atoms with E-state index in [1.54, 1.807) is 18.2 Å². The number of carbonyl (C=O) groups excluding carboxylic acids is 2. The van der Waals surface area contributed by atoms with Gasteiger partial charge in [0.2, 0.25) is 0 Å². The number of esters is 1. The molecule has 0 spiro atoms. The molecule has 4 rings (SSSR count). The van der Waals surface area contributed by atoms with Crippen LogP contribution in [0.2, 0.25) is 0 Å². The zero-order chi connectivity index (χ0) is 21.1. The minimum absolute atomic E-state index is 0.302. The van der Waals surface area contributed by atoms with Gasteiger partial charge in [-0.25, -0.2) is 4.79 Å². The number of benzene rings is 3. The molecule has 1 atom stereocenters. The second-order valence-electron chi connectivity index (χ2n) is 6.98. The molecular formula is C24H21NO5. The lowest BCUT2D eigenvalue weighted by atomic mass is 10.1. The second kappa shape index (κ2) is 8.29. The van der Waals surface area contributed by atoms with Crippen LogP contribution in [-0.4, -0.2) is 24.6 Å². The molecule has 3 aromatic carbocycles. The first-order chi connectivity index (χ1) is 14.5. The number of hydrogen-bond acceptors (Lipinski definition) is 5. The fraction of sp³-hybridized carbons (Fsp3) is 0.167. The molecule has 4 aromatic rings. The summed E-state index contributed by atoms with van der Waals surface area (Å²) in [5.41, 5.74) is 3.14. The lowest BCUT2D eigenvalue weighted by Gasteiger charge is -2.15. The van der Waals surface area contributed by atoms with E-state index in [1.165, 1.54) is 6.92 Å². The van der Waals surface area contributed by atoms with Gasteiger partial charge in [0.25, 0.3) is 5.91 Å². The van der Waals surface area contributed by atoms with Crippen LogP contribution in [0.4, 0.5) is 5.69 Å². The Labute approximate surface area is 173 Å². The van der Waals surface area contributed by atoms with Crippen molar-refractivity contribution in [2.75, 3.05) is 11.9 Å². The van der Waals surface area contributed by atoms with Crippen molar-refractivity contribution in [2.45, 2.75) is 20.0 Å². The highest BCUT2D eigenvalue weighted by atomic mass is 16.6. The van der Waals surface area contributed by atoms with Crippen LogP contribution < -0.4 is 10.1 Å². The molecule has 6 nitrogen and oxygen atoms in total. The van der Waals surface area contributed by atoms with Gasteiger partial charge in [-0.15, -0.1) is 0 Å². The Morgan fingerprint density at radius 3 is 2.53 bits per heavy atom. The molecule has 0 saturated carbocycles. The van der Waals surface area contributed by atoms with Gasteiger partial charge in [-0.1, -0.05) is 36.4 Å². The van der Waals surface area contributed by atoms with Crippen LogP contribution in [-0.2, 0) is 14.3 Å². The number of hydrogen-bond donors (Lipinski definition) is 1. The van der Waals surface area contributed by atoms with Gasteiger partial charge in [-0.05, 0) is 49.7 Å². The van der Waals surface area contributed by atoms with E-state index < -0.39 is 18.0 Å². The summed E-state index contributed by atoms with van der Waals surface area (Å²) in [5, 5.41) is 4.64. The average Bonchev–Trinajstić information content (AvgIpc) is 3.12. The van der Waals surface area contributed by atoms with Gasteiger partial charge in [-0.3, -0.25) is 4.79 Å². The van der Waals surface area contributed by atoms with Crippen molar-refractivity contribution in [2.24, 2.45) is 0 Å². The van der Waals surface area contributed by atoms with Crippen molar-refractivity contribution >= 4 is 39.5 Å². The van der Waals surface area contributed by atoms with Gasteiger partial charge in [0.1, 0.15) is 16.9 Å². The molecule has 0 bridgehead atoms. The van der Waals surface area contributed by atoms with Crippen LogP contribution in [0.25, 0.3) is 21.9 Å². The van der Waals surface area contributed by atoms with E-state index >= 15 is 0 Å². The molecule has 1 aromatic heterocycles. The lowest BCUT2D eigenvalue weighted by molar-refractivity contribution is -0.155. The monoisotopic (exact) mass is 403 g/mol. The molecule has 1 heterocycles. The third-order valence-electron chi connectivity index (χ3n) is 4.79. The largest absolute Gasteiger partial charge is 0.482 e. The number of furan rings is 1. The quantitative estimate of drug-likeness (QED) is 0.466. The number of aryl methyl sites for hydroxylation is 1. The topological polar surface area (TPSA) is 77.8 Å². The molecule has 30 heavy (non-hydrogen) atoms. The number of fused-ring (bicyclic) bond motifs is 3. The summed E-state index contributed by atoms with van der Waals surface area (Å²) in [6, 6.07) is 20.5. The van der Waals surface area contributed by atoms with E-state index in [4.69, 9.17) is 13.9 Å². The smallest absolute Gasteiger partial charge is 0.344 e. The van der Waals surface area contributed by atoms with E-state index in [1.807, 2.05) is 55.5 Å². The van der Waals surface area contributed by atoms with Crippen molar-refractivity contribution in [1.29, 1.82) is 0 Å². The summed E-state index contributed by atoms with van der Waals surface area (Å²) >= 11 is 0. The van der Waals surface area contributed by atoms with E-state index in [0.717, 1.165) is 27.5 Å². The average molecular weight is 403 g/mol. The predicted molar refractivity (Wildman–Crippen MR) is 115 cm³/mol. The summed E-state index contributed by atoms with van der Waals surface area (Å²) in [6.07, 6.45) is -0.944. The molecule has 0 aliphatic heterocycles. The zero-order valence-corrected chi connectivity index (χ0v) is 16.7. The number of nitrogens with one attached hydrogen (secondary N) is 1. The van der Waals surface area contributed by atoms with Crippen molar-refractivity contribution in [3.63, 3.8) is 0 Å². The van der Waals surface area contributed by atoms with Gasteiger partial charge >= 0.3 is 5.97 Å². The van der Waals surface area contributed by atoms with Crippen molar-refractivity contribution in [3.8, 4) is 5.75 Å². The Balaban J connectivity index is 1.35. The van der Waals surface area contributed by atoms with Gasteiger partial charge in [-0.2, -0.15) is 0 Å². The highest BCUT2D eigenvalue weighted by molar-refractivity contribution is 6.05. The lowest BCUT2D eigenvalue weighted by Crippen LogP contribution is -2.31. The van der Waals surface area contributed by atoms with Gasteiger partial charge in [0.15, 0.2) is 12.7 Å². The van der Waals surface area contributed by atoms with Crippen LogP contribution in [0.5, 0.6) is 5.75 Å².